The molecule has 0 heterocycles. The number of rotatable bonds is 9. The van der Waals surface area contributed by atoms with Gasteiger partial charge in [-0.15, -0.1) is 0 Å². The fraction of sp³-hybridized carbons (Fsp3) is 0.286. The van der Waals surface area contributed by atoms with Crippen molar-refractivity contribution in [2.24, 2.45) is 0 Å². The van der Waals surface area contributed by atoms with E-state index in [-0.39, 0.29) is 17.3 Å². The third-order valence-corrected chi connectivity index (χ3v) is 8.32. The highest BCUT2D eigenvalue weighted by Crippen LogP contribution is 2.27. The van der Waals surface area contributed by atoms with Gasteiger partial charge in [-0.3, -0.25) is 13.9 Å². The summed E-state index contributed by atoms with van der Waals surface area (Å²) >= 11 is 3.44. The molecule has 0 fully saturated rings. The Morgan fingerprint density at radius 3 is 2.11 bits per heavy atom. The first kappa shape index (κ1) is 28.4. The summed E-state index contributed by atoms with van der Waals surface area (Å²) in [5.41, 5.74) is 3.86. The Balaban J connectivity index is 2.07. The topological polar surface area (TPSA) is 86.8 Å². The van der Waals surface area contributed by atoms with E-state index >= 15 is 0 Å². The molecule has 0 saturated heterocycles. The molecule has 0 aromatic heterocycles. The summed E-state index contributed by atoms with van der Waals surface area (Å²) in [6.45, 7) is 6.93. The Morgan fingerprint density at radius 2 is 1.54 bits per heavy atom. The molecule has 3 rings (SSSR count). The van der Waals surface area contributed by atoms with Gasteiger partial charge in [0.2, 0.25) is 11.8 Å². The summed E-state index contributed by atoms with van der Waals surface area (Å²) in [6.07, 6.45) is 0. The first-order chi connectivity index (χ1) is 17.4. The fourth-order valence-electron chi connectivity index (χ4n) is 4.08. The molecule has 0 aliphatic rings. The Kier molecular flexibility index (Phi) is 9.15. The maximum Gasteiger partial charge on any atom is 0.264 e. The van der Waals surface area contributed by atoms with Crippen LogP contribution in [0.25, 0.3) is 0 Å². The van der Waals surface area contributed by atoms with Crippen LogP contribution in [0.2, 0.25) is 0 Å². The molecule has 1 N–H and O–H groups in total. The van der Waals surface area contributed by atoms with Gasteiger partial charge in [0, 0.05) is 18.1 Å². The molecule has 37 heavy (non-hydrogen) atoms. The number of anilines is 1. The van der Waals surface area contributed by atoms with Crippen molar-refractivity contribution in [3.8, 4) is 0 Å². The minimum atomic E-state index is -4.09. The minimum absolute atomic E-state index is 0.0861. The van der Waals surface area contributed by atoms with Gasteiger partial charge in [0.25, 0.3) is 10.0 Å². The van der Waals surface area contributed by atoms with E-state index in [1.807, 2.05) is 51.1 Å². The van der Waals surface area contributed by atoms with E-state index in [0.29, 0.717) is 5.69 Å². The molecule has 0 bridgehead atoms. The van der Waals surface area contributed by atoms with Crippen molar-refractivity contribution in [1.82, 2.24) is 10.2 Å². The summed E-state index contributed by atoms with van der Waals surface area (Å²) in [5.74, 6) is -0.839. The first-order valence-electron chi connectivity index (χ1n) is 11.9. The van der Waals surface area contributed by atoms with Gasteiger partial charge in [0.1, 0.15) is 12.6 Å². The van der Waals surface area contributed by atoms with Gasteiger partial charge in [0.15, 0.2) is 0 Å². The Morgan fingerprint density at radius 1 is 0.919 bits per heavy atom. The second-order valence-electron chi connectivity index (χ2n) is 9.11. The molecule has 3 aromatic rings. The molecule has 9 heteroatoms. The van der Waals surface area contributed by atoms with Crippen molar-refractivity contribution in [3.05, 3.63) is 93.5 Å². The molecule has 196 valence electrons. The predicted molar refractivity (Wildman–Crippen MR) is 150 cm³/mol. The molecule has 3 aromatic carbocycles. The summed E-state index contributed by atoms with van der Waals surface area (Å²) in [4.78, 5) is 27.9. The van der Waals surface area contributed by atoms with Crippen LogP contribution in [-0.2, 0) is 26.2 Å². The van der Waals surface area contributed by atoms with E-state index in [0.717, 1.165) is 31.0 Å². The number of carbonyl (C=O) groups is 2. The lowest BCUT2D eigenvalue weighted by molar-refractivity contribution is -0.139. The minimum Gasteiger partial charge on any atom is -0.357 e. The molecule has 2 amide bonds. The summed E-state index contributed by atoms with van der Waals surface area (Å²) in [7, 11) is -2.58. The third kappa shape index (κ3) is 6.99. The molecule has 0 unspecified atom stereocenters. The van der Waals surface area contributed by atoms with Gasteiger partial charge in [-0.1, -0.05) is 51.8 Å². The van der Waals surface area contributed by atoms with Crippen LogP contribution < -0.4 is 9.62 Å². The van der Waals surface area contributed by atoms with E-state index in [4.69, 9.17) is 0 Å². The van der Waals surface area contributed by atoms with Crippen LogP contribution in [0, 0.1) is 20.8 Å². The van der Waals surface area contributed by atoms with Crippen LogP contribution in [0.5, 0.6) is 0 Å². The van der Waals surface area contributed by atoms with Gasteiger partial charge < -0.3 is 10.2 Å². The van der Waals surface area contributed by atoms with Crippen LogP contribution in [0.15, 0.2) is 76.1 Å². The molecule has 0 saturated carbocycles. The predicted octanol–water partition coefficient (Wildman–Crippen LogP) is 4.73. The molecule has 0 aliphatic heterocycles. The lowest BCUT2D eigenvalue weighted by Gasteiger charge is -2.32. The molecular formula is C28H32BrN3O4S. The Hall–Kier alpha value is -3.17. The van der Waals surface area contributed by atoms with E-state index in [2.05, 4.69) is 21.2 Å². The first-order valence-corrected chi connectivity index (χ1v) is 14.1. The quantitative estimate of drug-likeness (QED) is 0.393. The number of aryl methyl sites for hydroxylation is 3. The maximum absolute atomic E-state index is 13.9. The third-order valence-electron chi connectivity index (χ3n) is 6.04. The Labute approximate surface area is 227 Å². The van der Waals surface area contributed by atoms with Crippen molar-refractivity contribution < 1.29 is 18.0 Å². The zero-order valence-electron chi connectivity index (χ0n) is 21.7. The van der Waals surface area contributed by atoms with Crippen molar-refractivity contribution in [2.45, 2.75) is 45.2 Å². The average molecular weight is 587 g/mol. The maximum atomic E-state index is 13.9. The number of halogens is 1. The number of hydrogen-bond acceptors (Lipinski definition) is 4. The van der Waals surface area contributed by atoms with Crippen molar-refractivity contribution in [2.75, 3.05) is 17.9 Å². The number of likely N-dealkylation sites (N-methyl/N-ethyl adjacent to an activating group) is 1. The second-order valence-corrected chi connectivity index (χ2v) is 11.9. The fourth-order valence-corrected chi connectivity index (χ4v) is 5.93. The monoisotopic (exact) mass is 585 g/mol. The van der Waals surface area contributed by atoms with Gasteiger partial charge in [0.05, 0.1) is 10.6 Å². The number of nitrogens with one attached hydrogen (secondary N) is 1. The summed E-state index contributed by atoms with van der Waals surface area (Å²) in [6, 6.07) is 18.6. The average Bonchev–Trinajstić information content (AvgIpc) is 2.84. The normalized spacial score (nSPS) is 12.1. The highest BCUT2D eigenvalue weighted by Gasteiger charge is 2.32. The number of nitrogens with zero attached hydrogens (tertiary/aromatic N) is 2. The SMILES string of the molecule is CNC(=O)[C@H](C)N(Cc1cccc(Br)c1)C(=O)CN(c1cc(C)cc(C)c1)S(=O)(=O)c1ccc(C)cc1. The second kappa shape index (κ2) is 11.9. The van der Waals surface area contributed by atoms with Crippen LogP contribution in [0.1, 0.15) is 29.2 Å². The van der Waals surface area contributed by atoms with Gasteiger partial charge in [-0.2, -0.15) is 0 Å². The van der Waals surface area contributed by atoms with Crippen LogP contribution in [-0.4, -0.2) is 44.8 Å². The lowest BCUT2D eigenvalue weighted by Crippen LogP contribution is -2.50. The molecule has 0 spiro atoms. The molecular weight excluding hydrogens is 554 g/mol. The van der Waals surface area contributed by atoms with E-state index in [9.17, 15) is 18.0 Å². The van der Waals surface area contributed by atoms with Gasteiger partial charge in [-0.05, 0) is 80.8 Å². The number of carbonyl (C=O) groups excluding carboxylic acids is 2. The van der Waals surface area contributed by atoms with Crippen LogP contribution in [0.3, 0.4) is 0 Å². The number of amides is 2. The van der Waals surface area contributed by atoms with E-state index in [1.165, 1.54) is 24.1 Å². The van der Waals surface area contributed by atoms with E-state index < -0.39 is 28.5 Å². The smallest absolute Gasteiger partial charge is 0.264 e. The molecule has 0 radical (unpaired) electrons. The molecule has 0 aliphatic carbocycles. The zero-order chi connectivity index (χ0) is 27.3. The Bertz CT molecular complexity index is 1370. The number of sulfonamides is 1. The summed E-state index contributed by atoms with van der Waals surface area (Å²) < 4.78 is 29.7. The largest absolute Gasteiger partial charge is 0.357 e. The van der Waals surface area contributed by atoms with Gasteiger partial charge >= 0.3 is 0 Å². The van der Waals surface area contributed by atoms with E-state index in [1.54, 1.807) is 31.2 Å². The summed E-state index contributed by atoms with van der Waals surface area (Å²) in [5, 5.41) is 2.58. The van der Waals surface area contributed by atoms with Crippen molar-refractivity contribution in [1.29, 1.82) is 0 Å². The highest BCUT2D eigenvalue weighted by atomic mass is 79.9. The standard InChI is InChI=1S/C28H32BrN3O4S/c1-19-9-11-26(12-10-19)37(35,36)32(25-14-20(2)13-21(3)15-25)18-27(33)31(22(4)28(34)30-5)17-23-7-6-8-24(29)16-23/h6-16,22H,17-18H2,1-5H3,(H,30,34)/t22-/m0/s1. The van der Waals surface area contributed by atoms with Crippen molar-refractivity contribution in [3.63, 3.8) is 0 Å². The van der Waals surface area contributed by atoms with Crippen LogP contribution in [0.4, 0.5) is 5.69 Å². The van der Waals surface area contributed by atoms with Gasteiger partial charge in [-0.25, -0.2) is 8.42 Å². The highest BCUT2D eigenvalue weighted by molar-refractivity contribution is 9.10. The molecule has 1 atom stereocenters. The number of benzene rings is 3. The number of hydrogen-bond donors (Lipinski definition) is 1. The molecule has 7 nitrogen and oxygen atoms in total. The van der Waals surface area contributed by atoms with Crippen molar-refractivity contribution >= 4 is 43.5 Å². The van der Waals surface area contributed by atoms with Crippen LogP contribution >= 0.6 is 15.9 Å². The zero-order valence-corrected chi connectivity index (χ0v) is 24.1. The lowest BCUT2D eigenvalue weighted by atomic mass is 10.1.